The Hall–Kier alpha value is -1.91. The fourth-order valence-electron chi connectivity index (χ4n) is 2.02. The van der Waals surface area contributed by atoms with Gasteiger partial charge in [0.05, 0.1) is 6.54 Å². The summed E-state index contributed by atoms with van der Waals surface area (Å²) in [6.07, 6.45) is 0.740. The van der Waals surface area contributed by atoms with Gasteiger partial charge in [0.25, 0.3) is 0 Å². The van der Waals surface area contributed by atoms with Crippen LogP contribution in [-0.2, 0) is 17.8 Å². The molecule has 0 aliphatic carbocycles. The summed E-state index contributed by atoms with van der Waals surface area (Å²) in [6, 6.07) is 13.8. The molecule has 0 atom stereocenters. The number of benzene rings is 2. The van der Waals surface area contributed by atoms with E-state index in [0.29, 0.717) is 18.1 Å². The maximum atomic E-state index is 12.7. The van der Waals surface area contributed by atoms with Crippen LogP contribution in [-0.4, -0.2) is 19.0 Å². The van der Waals surface area contributed by atoms with Gasteiger partial charge in [0, 0.05) is 18.1 Å². The van der Waals surface area contributed by atoms with Gasteiger partial charge in [0.15, 0.2) is 0 Å². The third-order valence-electron chi connectivity index (χ3n) is 3.15. The average molecular weight is 321 g/mol. The van der Waals surface area contributed by atoms with E-state index in [1.165, 1.54) is 12.1 Å². The molecule has 0 saturated carbocycles. The Kier molecular flexibility index (Phi) is 6.37. The first-order valence-electron chi connectivity index (χ1n) is 7.10. The van der Waals surface area contributed by atoms with E-state index in [9.17, 15) is 9.18 Å². The van der Waals surface area contributed by atoms with Gasteiger partial charge >= 0.3 is 0 Å². The van der Waals surface area contributed by atoms with Crippen molar-refractivity contribution in [2.24, 2.45) is 0 Å². The normalized spacial score (nSPS) is 10.5. The van der Waals surface area contributed by atoms with Crippen molar-refractivity contribution in [2.45, 2.75) is 13.0 Å². The van der Waals surface area contributed by atoms with E-state index in [1.807, 2.05) is 24.3 Å². The van der Waals surface area contributed by atoms with Crippen LogP contribution in [0.4, 0.5) is 4.39 Å². The second-order valence-electron chi connectivity index (χ2n) is 4.96. The Morgan fingerprint density at radius 3 is 2.59 bits per heavy atom. The number of amides is 1. The zero-order valence-electron chi connectivity index (χ0n) is 12.1. The molecule has 0 heterocycles. The number of rotatable bonds is 7. The van der Waals surface area contributed by atoms with Crippen molar-refractivity contribution in [3.63, 3.8) is 0 Å². The molecular weight excluding hydrogens is 303 g/mol. The molecule has 0 saturated heterocycles. The Morgan fingerprint density at radius 2 is 1.86 bits per heavy atom. The summed E-state index contributed by atoms with van der Waals surface area (Å²) in [5.41, 5.74) is 2.03. The largest absolute Gasteiger partial charge is 0.355 e. The summed E-state index contributed by atoms with van der Waals surface area (Å²) < 4.78 is 12.7. The van der Waals surface area contributed by atoms with Gasteiger partial charge in [-0.3, -0.25) is 4.79 Å². The highest BCUT2D eigenvalue weighted by Gasteiger charge is 2.01. The molecule has 2 aromatic carbocycles. The van der Waals surface area contributed by atoms with Gasteiger partial charge in [0.2, 0.25) is 5.91 Å². The summed E-state index contributed by atoms with van der Waals surface area (Å²) in [5, 5.41) is 6.56. The maximum absolute atomic E-state index is 12.7. The number of carbonyl (C=O) groups excluding carboxylic acids is 1. The van der Waals surface area contributed by atoms with Crippen LogP contribution in [0.2, 0.25) is 5.02 Å². The van der Waals surface area contributed by atoms with Crippen LogP contribution in [0.15, 0.2) is 48.5 Å². The van der Waals surface area contributed by atoms with E-state index < -0.39 is 0 Å². The van der Waals surface area contributed by atoms with Crippen molar-refractivity contribution in [3.05, 3.63) is 70.5 Å². The number of hydrogen-bond acceptors (Lipinski definition) is 2. The van der Waals surface area contributed by atoms with Crippen LogP contribution in [0.1, 0.15) is 11.1 Å². The van der Waals surface area contributed by atoms with Gasteiger partial charge in [-0.05, 0) is 41.8 Å². The van der Waals surface area contributed by atoms with Crippen molar-refractivity contribution >= 4 is 17.5 Å². The van der Waals surface area contributed by atoms with E-state index in [0.717, 1.165) is 17.5 Å². The van der Waals surface area contributed by atoms with E-state index in [-0.39, 0.29) is 18.3 Å². The van der Waals surface area contributed by atoms with Gasteiger partial charge in [-0.15, -0.1) is 0 Å². The number of carbonyl (C=O) groups is 1. The van der Waals surface area contributed by atoms with Crippen molar-refractivity contribution in [1.29, 1.82) is 0 Å². The van der Waals surface area contributed by atoms with Crippen LogP contribution in [0, 0.1) is 5.82 Å². The van der Waals surface area contributed by atoms with Crippen molar-refractivity contribution in [1.82, 2.24) is 10.6 Å². The van der Waals surface area contributed by atoms with E-state index in [1.54, 1.807) is 12.1 Å². The lowest BCUT2D eigenvalue weighted by Crippen LogP contribution is -2.34. The first kappa shape index (κ1) is 16.5. The van der Waals surface area contributed by atoms with E-state index in [4.69, 9.17) is 11.6 Å². The number of nitrogens with one attached hydrogen (secondary N) is 2. The monoisotopic (exact) mass is 320 g/mol. The minimum atomic E-state index is -0.262. The van der Waals surface area contributed by atoms with Crippen LogP contribution in [0.3, 0.4) is 0 Å². The SMILES string of the molecule is O=C(CNCc1ccc(F)cc1)NCCc1cccc(Cl)c1. The fraction of sp³-hybridized carbons (Fsp3) is 0.235. The van der Waals surface area contributed by atoms with Gasteiger partial charge in [-0.2, -0.15) is 0 Å². The molecule has 1 amide bonds. The fourth-order valence-corrected chi connectivity index (χ4v) is 2.24. The first-order valence-corrected chi connectivity index (χ1v) is 7.47. The highest BCUT2D eigenvalue weighted by Crippen LogP contribution is 2.10. The molecule has 0 aliphatic rings. The topological polar surface area (TPSA) is 41.1 Å². The highest BCUT2D eigenvalue weighted by atomic mass is 35.5. The second-order valence-corrected chi connectivity index (χ2v) is 5.40. The third kappa shape index (κ3) is 5.84. The van der Waals surface area contributed by atoms with Crippen LogP contribution < -0.4 is 10.6 Å². The Labute approximate surface area is 134 Å². The molecule has 2 rings (SSSR count). The lowest BCUT2D eigenvalue weighted by molar-refractivity contribution is -0.120. The third-order valence-corrected chi connectivity index (χ3v) is 3.39. The number of halogens is 2. The molecule has 116 valence electrons. The molecule has 0 fully saturated rings. The number of hydrogen-bond donors (Lipinski definition) is 2. The zero-order valence-corrected chi connectivity index (χ0v) is 12.9. The van der Waals surface area contributed by atoms with Crippen molar-refractivity contribution < 1.29 is 9.18 Å². The van der Waals surface area contributed by atoms with Crippen LogP contribution in [0.25, 0.3) is 0 Å². The summed E-state index contributed by atoms with van der Waals surface area (Å²) in [4.78, 5) is 11.7. The predicted octanol–water partition coefficient (Wildman–Crippen LogP) is 2.93. The predicted molar refractivity (Wildman–Crippen MR) is 86.3 cm³/mol. The highest BCUT2D eigenvalue weighted by molar-refractivity contribution is 6.30. The standard InChI is InChI=1S/C17H18ClFN2O/c18-15-3-1-2-13(10-15)8-9-21-17(22)12-20-11-14-4-6-16(19)7-5-14/h1-7,10,20H,8-9,11-12H2,(H,21,22). The van der Waals surface area contributed by atoms with Gasteiger partial charge in [-0.25, -0.2) is 4.39 Å². The molecule has 5 heteroatoms. The molecule has 0 aliphatic heterocycles. The summed E-state index contributed by atoms with van der Waals surface area (Å²) in [5.74, 6) is -0.327. The lowest BCUT2D eigenvalue weighted by atomic mass is 10.1. The molecule has 0 unspecified atom stereocenters. The quantitative estimate of drug-likeness (QED) is 0.823. The Morgan fingerprint density at radius 1 is 1.09 bits per heavy atom. The Bertz CT molecular complexity index is 616. The Balaban J connectivity index is 1.62. The first-order chi connectivity index (χ1) is 10.6. The molecule has 0 radical (unpaired) electrons. The van der Waals surface area contributed by atoms with Gasteiger partial charge in [-0.1, -0.05) is 35.9 Å². The smallest absolute Gasteiger partial charge is 0.233 e. The molecule has 0 spiro atoms. The van der Waals surface area contributed by atoms with E-state index >= 15 is 0 Å². The lowest BCUT2D eigenvalue weighted by Gasteiger charge is -2.07. The molecule has 22 heavy (non-hydrogen) atoms. The van der Waals surface area contributed by atoms with Crippen LogP contribution >= 0.6 is 11.6 Å². The molecule has 2 N–H and O–H groups in total. The van der Waals surface area contributed by atoms with E-state index in [2.05, 4.69) is 10.6 Å². The summed E-state index contributed by atoms with van der Waals surface area (Å²) in [6.45, 7) is 1.33. The maximum Gasteiger partial charge on any atom is 0.233 e. The molecule has 0 aromatic heterocycles. The average Bonchev–Trinajstić information content (AvgIpc) is 2.49. The van der Waals surface area contributed by atoms with Gasteiger partial charge in [0.1, 0.15) is 5.82 Å². The van der Waals surface area contributed by atoms with Crippen molar-refractivity contribution in [2.75, 3.05) is 13.1 Å². The van der Waals surface area contributed by atoms with Gasteiger partial charge < -0.3 is 10.6 Å². The molecule has 0 bridgehead atoms. The van der Waals surface area contributed by atoms with Crippen molar-refractivity contribution in [3.8, 4) is 0 Å². The minimum Gasteiger partial charge on any atom is -0.355 e. The molecule has 3 nitrogen and oxygen atoms in total. The zero-order chi connectivity index (χ0) is 15.8. The van der Waals surface area contributed by atoms with Crippen LogP contribution in [0.5, 0.6) is 0 Å². The summed E-state index contributed by atoms with van der Waals surface area (Å²) in [7, 11) is 0. The summed E-state index contributed by atoms with van der Waals surface area (Å²) >= 11 is 5.90. The minimum absolute atomic E-state index is 0.0656. The second kappa shape index (κ2) is 8.51. The molecular formula is C17H18ClFN2O. The molecule has 2 aromatic rings.